The van der Waals surface area contributed by atoms with E-state index in [0.29, 0.717) is 19.4 Å². The third kappa shape index (κ3) is 9.43. The average Bonchev–Trinajstić information content (AvgIpc) is 2.68. The van der Waals surface area contributed by atoms with Crippen molar-refractivity contribution >= 4 is 24.5 Å². The van der Waals surface area contributed by atoms with Gasteiger partial charge in [-0.25, -0.2) is 4.79 Å². The van der Waals surface area contributed by atoms with Gasteiger partial charge >= 0.3 is 12.1 Å². The summed E-state index contributed by atoms with van der Waals surface area (Å²) in [6.07, 6.45) is 0.584. The molecule has 0 unspecified atom stereocenters. The second-order valence-electron chi connectivity index (χ2n) is 8.50. The van der Waals surface area contributed by atoms with Crippen molar-refractivity contribution in [2.75, 3.05) is 6.61 Å². The van der Waals surface area contributed by atoms with Crippen molar-refractivity contribution in [3.63, 3.8) is 0 Å². The lowest BCUT2D eigenvalue weighted by atomic mass is 9.95. The van der Waals surface area contributed by atoms with Crippen molar-refractivity contribution in [2.24, 2.45) is 5.92 Å². The van der Waals surface area contributed by atoms with Crippen LogP contribution in [0.15, 0.2) is 54.6 Å². The van der Waals surface area contributed by atoms with Crippen molar-refractivity contribution in [2.45, 2.75) is 59.1 Å². The summed E-state index contributed by atoms with van der Waals surface area (Å²) in [5.41, 5.74) is 2.78. The molecule has 0 fully saturated rings. The first-order chi connectivity index (χ1) is 14.2. The van der Waals surface area contributed by atoms with Gasteiger partial charge in [0.1, 0.15) is 5.60 Å². The van der Waals surface area contributed by atoms with Gasteiger partial charge in [0.05, 0.1) is 12.5 Å². The second-order valence-corrected chi connectivity index (χ2v) is 8.50. The zero-order chi connectivity index (χ0) is 22.1. The summed E-state index contributed by atoms with van der Waals surface area (Å²) in [7, 11) is 0. The number of alkyl carbamates (subject to hydrolysis) is 1. The van der Waals surface area contributed by atoms with Crippen LogP contribution in [0.1, 0.15) is 46.6 Å². The van der Waals surface area contributed by atoms with Crippen LogP contribution < -0.4 is 5.32 Å². The lowest BCUT2D eigenvalue weighted by Gasteiger charge is -2.25. The largest absolute Gasteiger partial charge is 0.466 e. The molecule has 2 aromatic carbocycles. The van der Waals surface area contributed by atoms with E-state index < -0.39 is 11.7 Å². The molecule has 1 N–H and O–H groups in total. The van der Waals surface area contributed by atoms with E-state index in [2.05, 4.69) is 41.7 Å². The van der Waals surface area contributed by atoms with Gasteiger partial charge in [-0.3, -0.25) is 4.79 Å². The molecule has 0 saturated carbocycles. The first-order valence-electron chi connectivity index (χ1n) is 10.5. The summed E-state index contributed by atoms with van der Waals surface area (Å²) in [5, 5.41) is 2.93. The van der Waals surface area contributed by atoms with Crippen LogP contribution in [0.25, 0.3) is 11.1 Å². The molecule has 2 atom stereocenters. The van der Waals surface area contributed by atoms with Gasteiger partial charge in [-0.1, -0.05) is 61.5 Å². The molecule has 0 spiro atoms. The van der Waals surface area contributed by atoms with E-state index >= 15 is 0 Å². The van der Waals surface area contributed by atoms with Gasteiger partial charge in [-0.15, -0.1) is 12.4 Å². The molecule has 0 saturated heterocycles. The number of carbonyl (C=O) groups excluding carboxylic acids is 2. The molecule has 2 aromatic rings. The highest BCUT2D eigenvalue weighted by Gasteiger charge is 2.24. The highest BCUT2D eigenvalue weighted by molar-refractivity contribution is 5.85. The maximum absolute atomic E-state index is 12.3. The molecular weight excluding hydrogens is 414 g/mol. The molecule has 0 aliphatic heterocycles. The van der Waals surface area contributed by atoms with Gasteiger partial charge in [-0.2, -0.15) is 0 Å². The molecule has 0 aliphatic carbocycles. The van der Waals surface area contributed by atoms with Crippen LogP contribution in [-0.2, 0) is 20.7 Å². The Morgan fingerprint density at radius 2 is 1.55 bits per heavy atom. The van der Waals surface area contributed by atoms with Crippen LogP contribution in [0.3, 0.4) is 0 Å². The van der Waals surface area contributed by atoms with Crippen molar-refractivity contribution < 1.29 is 19.1 Å². The molecule has 0 heterocycles. The predicted octanol–water partition coefficient (Wildman–Crippen LogP) is 5.80. The Bertz CT molecular complexity index is 816. The van der Waals surface area contributed by atoms with Crippen molar-refractivity contribution in [1.82, 2.24) is 5.32 Å². The highest BCUT2D eigenvalue weighted by atomic mass is 35.5. The number of hydrogen-bond donors (Lipinski definition) is 1. The fourth-order valence-electron chi connectivity index (χ4n) is 3.22. The topological polar surface area (TPSA) is 64.6 Å². The summed E-state index contributed by atoms with van der Waals surface area (Å²) in [6, 6.07) is 18.2. The first kappa shape index (κ1) is 26.5. The van der Waals surface area contributed by atoms with Crippen LogP contribution in [0.5, 0.6) is 0 Å². The molecule has 5 nitrogen and oxygen atoms in total. The lowest BCUT2D eigenvalue weighted by Crippen LogP contribution is -2.41. The van der Waals surface area contributed by atoms with Gasteiger partial charge in [0.2, 0.25) is 0 Å². The quantitative estimate of drug-likeness (QED) is 0.519. The highest BCUT2D eigenvalue weighted by Crippen LogP contribution is 2.21. The summed E-state index contributed by atoms with van der Waals surface area (Å²) in [6.45, 7) is 9.42. The molecule has 0 bridgehead atoms. The molecule has 170 valence electrons. The van der Waals surface area contributed by atoms with Crippen molar-refractivity contribution in [3.8, 4) is 11.1 Å². The van der Waals surface area contributed by atoms with Crippen molar-refractivity contribution in [1.29, 1.82) is 0 Å². The van der Waals surface area contributed by atoms with Gasteiger partial charge in [0, 0.05) is 6.04 Å². The number of halogens is 1. The second kappa shape index (κ2) is 12.4. The Morgan fingerprint density at radius 1 is 0.968 bits per heavy atom. The number of benzene rings is 2. The summed E-state index contributed by atoms with van der Waals surface area (Å²) >= 11 is 0. The number of hydrogen-bond acceptors (Lipinski definition) is 4. The molecular formula is C25H34ClNO4. The van der Waals surface area contributed by atoms with E-state index in [1.54, 1.807) is 6.92 Å². The Morgan fingerprint density at radius 3 is 2.10 bits per heavy atom. The van der Waals surface area contributed by atoms with Gasteiger partial charge in [0.15, 0.2) is 0 Å². The summed E-state index contributed by atoms with van der Waals surface area (Å²) in [4.78, 5) is 24.4. The molecule has 0 aromatic heterocycles. The van der Waals surface area contributed by atoms with E-state index in [-0.39, 0.29) is 30.3 Å². The predicted molar refractivity (Wildman–Crippen MR) is 126 cm³/mol. The van der Waals surface area contributed by atoms with Crippen LogP contribution in [0.2, 0.25) is 0 Å². The van der Waals surface area contributed by atoms with E-state index in [0.717, 1.165) is 16.7 Å². The van der Waals surface area contributed by atoms with E-state index in [9.17, 15) is 9.59 Å². The monoisotopic (exact) mass is 447 g/mol. The summed E-state index contributed by atoms with van der Waals surface area (Å²) in [5.74, 6) is -0.582. The Labute approximate surface area is 191 Å². The molecule has 0 radical (unpaired) electrons. The number of nitrogens with one attached hydrogen (secondary N) is 1. The number of rotatable bonds is 8. The number of ether oxygens (including phenoxy) is 2. The number of amides is 1. The van der Waals surface area contributed by atoms with Crippen LogP contribution in [0, 0.1) is 5.92 Å². The SMILES string of the molecule is CCOC(=O)[C@@H](C)C[C@H](Cc1ccc(-c2ccccc2)cc1)NC(=O)OC(C)(C)C.Cl. The third-order valence-corrected chi connectivity index (χ3v) is 4.59. The third-order valence-electron chi connectivity index (χ3n) is 4.59. The zero-order valence-electron chi connectivity index (χ0n) is 19.0. The van der Waals surface area contributed by atoms with E-state index in [4.69, 9.17) is 9.47 Å². The van der Waals surface area contributed by atoms with Crippen LogP contribution in [0.4, 0.5) is 4.79 Å². The Kier molecular flexibility index (Phi) is 10.6. The maximum atomic E-state index is 12.3. The first-order valence-corrected chi connectivity index (χ1v) is 10.5. The number of esters is 1. The van der Waals surface area contributed by atoms with Gasteiger partial charge in [-0.05, 0) is 57.2 Å². The lowest BCUT2D eigenvalue weighted by molar-refractivity contribution is -0.147. The van der Waals surface area contributed by atoms with Gasteiger partial charge in [0.25, 0.3) is 0 Å². The zero-order valence-corrected chi connectivity index (χ0v) is 19.8. The molecule has 31 heavy (non-hydrogen) atoms. The molecule has 0 aliphatic rings. The van der Waals surface area contributed by atoms with Crippen molar-refractivity contribution in [3.05, 3.63) is 60.2 Å². The van der Waals surface area contributed by atoms with E-state index in [1.165, 1.54) is 0 Å². The molecule has 1 amide bonds. The van der Waals surface area contributed by atoms with Crippen LogP contribution >= 0.6 is 12.4 Å². The maximum Gasteiger partial charge on any atom is 0.407 e. The minimum absolute atomic E-state index is 0. The number of carbonyl (C=O) groups is 2. The minimum Gasteiger partial charge on any atom is -0.466 e. The Balaban J connectivity index is 0.00000480. The standard InChI is InChI=1S/C25H33NO4.ClH/c1-6-29-23(27)18(2)16-22(26-24(28)30-25(3,4)5)17-19-12-14-21(15-13-19)20-10-8-7-9-11-20;/h7-15,18,22H,6,16-17H2,1-5H3,(H,26,28);1H/t18-,22+;/m0./s1. The van der Waals surface area contributed by atoms with E-state index in [1.807, 2.05) is 45.9 Å². The molecule has 2 rings (SSSR count). The fraction of sp³-hybridized carbons (Fsp3) is 0.440. The average molecular weight is 448 g/mol. The minimum atomic E-state index is -0.585. The molecule has 6 heteroatoms. The van der Waals surface area contributed by atoms with Gasteiger partial charge < -0.3 is 14.8 Å². The smallest absolute Gasteiger partial charge is 0.407 e. The van der Waals surface area contributed by atoms with Crippen LogP contribution in [-0.4, -0.2) is 30.3 Å². The fourth-order valence-corrected chi connectivity index (χ4v) is 3.22. The normalized spacial score (nSPS) is 12.8. The Hall–Kier alpha value is -2.53. The summed E-state index contributed by atoms with van der Waals surface area (Å²) < 4.78 is 10.5.